The molecule has 0 amide bonds. The van der Waals surface area contributed by atoms with Gasteiger partial charge in [0.2, 0.25) is 0 Å². The average molecular weight is 347 g/mol. The average Bonchev–Trinajstić information content (AvgIpc) is 2.52. The van der Waals surface area contributed by atoms with Gasteiger partial charge >= 0.3 is 0 Å². The first-order valence-electron chi connectivity index (χ1n) is 7.15. The standard InChI is InChI=1S/C17H19BrN2O/c1-12-9-19-17(18)15-7-8-20(11-16(12)15)10-13-3-5-14(21-2)6-4-13/h3-6,9H,7-8,10-11H2,1-2H3. The van der Waals surface area contributed by atoms with Crippen molar-refractivity contribution in [3.63, 3.8) is 0 Å². The topological polar surface area (TPSA) is 25.4 Å². The van der Waals surface area contributed by atoms with Gasteiger partial charge in [-0.1, -0.05) is 12.1 Å². The molecule has 4 heteroatoms. The number of rotatable bonds is 3. The second kappa shape index (κ2) is 6.16. The monoisotopic (exact) mass is 346 g/mol. The van der Waals surface area contributed by atoms with Gasteiger partial charge in [-0.2, -0.15) is 0 Å². The highest BCUT2D eigenvalue weighted by molar-refractivity contribution is 9.10. The molecule has 2 heterocycles. The van der Waals surface area contributed by atoms with E-state index >= 15 is 0 Å². The summed E-state index contributed by atoms with van der Waals surface area (Å²) in [6.07, 6.45) is 3.01. The molecule has 0 bridgehead atoms. The molecule has 0 radical (unpaired) electrons. The molecule has 3 nitrogen and oxygen atoms in total. The SMILES string of the molecule is COc1ccc(CN2CCc3c(Br)ncc(C)c3C2)cc1. The van der Waals surface area contributed by atoms with Crippen molar-refractivity contribution < 1.29 is 4.74 Å². The number of nitrogens with zero attached hydrogens (tertiary/aromatic N) is 2. The Morgan fingerprint density at radius 1 is 1.24 bits per heavy atom. The summed E-state index contributed by atoms with van der Waals surface area (Å²) in [4.78, 5) is 6.89. The van der Waals surface area contributed by atoms with Gasteiger partial charge < -0.3 is 4.74 Å². The fourth-order valence-electron chi connectivity index (χ4n) is 2.84. The molecule has 0 fully saturated rings. The number of benzene rings is 1. The summed E-state index contributed by atoms with van der Waals surface area (Å²) < 4.78 is 6.22. The van der Waals surface area contributed by atoms with Crippen LogP contribution in [0.2, 0.25) is 0 Å². The molecule has 110 valence electrons. The first-order chi connectivity index (χ1) is 10.2. The van der Waals surface area contributed by atoms with E-state index in [2.05, 4.69) is 44.9 Å². The van der Waals surface area contributed by atoms with Crippen molar-refractivity contribution in [2.24, 2.45) is 0 Å². The third kappa shape index (κ3) is 3.11. The molecule has 1 aliphatic heterocycles. The van der Waals surface area contributed by atoms with Gasteiger partial charge in [-0.05, 0) is 63.7 Å². The Morgan fingerprint density at radius 2 is 2.00 bits per heavy atom. The lowest BCUT2D eigenvalue weighted by Crippen LogP contribution is -2.31. The van der Waals surface area contributed by atoms with Gasteiger partial charge in [0.15, 0.2) is 0 Å². The molecule has 3 rings (SSSR count). The molecule has 2 aromatic rings. The van der Waals surface area contributed by atoms with Crippen LogP contribution in [0.15, 0.2) is 35.1 Å². The Kier molecular flexibility index (Phi) is 4.27. The first-order valence-corrected chi connectivity index (χ1v) is 7.95. The minimum Gasteiger partial charge on any atom is -0.497 e. The molecule has 0 unspecified atom stereocenters. The van der Waals surface area contributed by atoms with Crippen LogP contribution in [0.4, 0.5) is 0 Å². The van der Waals surface area contributed by atoms with E-state index in [4.69, 9.17) is 4.74 Å². The lowest BCUT2D eigenvalue weighted by atomic mass is 9.98. The predicted octanol–water partition coefficient (Wildman–Crippen LogP) is 3.72. The zero-order chi connectivity index (χ0) is 14.8. The Bertz CT molecular complexity index is 640. The fourth-order valence-corrected chi connectivity index (χ4v) is 3.38. The van der Waals surface area contributed by atoms with Crippen molar-refractivity contribution in [1.29, 1.82) is 0 Å². The molecule has 0 saturated heterocycles. The van der Waals surface area contributed by atoms with Crippen molar-refractivity contribution in [3.8, 4) is 5.75 Å². The van der Waals surface area contributed by atoms with Gasteiger partial charge in [0.25, 0.3) is 0 Å². The number of halogens is 1. The summed E-state index contributed by atoms with van der Waals surface area (Å²) in [7, 11) is 1.70. The van der Waals surface area contributed by atoms with Crippen LogP contribution in [0.1, 0.15) is 22.3 Å². The summed E-state index contributed by atoms with van der Waals surface area (Å²) in [5.74, 6) is 0.911. The normalized spacial score (nSPS) is 14.8. The van der Waals surface area contributed by atoms with Crippen LogP contribution in [0, 0.1) is 6.92 Å². The highest BCUT2D eigenvalue weighted by Gasteiger charge is 2.20. The predicted molar refractivity (Wildman–Crippen MR) is 87.5 cm³/mol. The molecule has 1 aliphatic rings. The minimum absolute atomic E-state index is 0.911. The number of hydrogen-bond acceptors (Lipinski definition) is 3. The second-order valence-corrected chi connectivity index (χ2v) is 6.25. The summed E-state index contributed by atoms with van der Waals surface area (Å²) in [5, 5.41) is 0. The van der Waals surface area contributed by atoms with Gasteiger partial charge in [0, 0.05) is 25.8 Å². The van der Waals surface area contributed by atoms with E-state index in [0.717, 1.165) is 36.4 Å². The molecular formula is C17H19BrN2O. The van der Waals surface area contributed by atoms with Crippen molar-refractivity contribution in [2.75, 3.05) is 13.7 Å². The summed E-state index contributed by atoms with van der Waals surface area (Å²) in [6, 6.07) is 8.34. The molecule has 1 aromatic heterocycles. The maximum absolute atomic E-state index is 5.21. The van der Waals surface area contributed by atoms with Crippen LogP contribution < -0.4 is 4.74 Å². The number of hydrogen-bond donors (Lipinski definition) is 0. The third-order valence-corrected chi connectivity index (χ3v) is 4.77. The van der Waals surface area contributed by atoms with E-state index in [-0.39, 0.29) is 0 Å². The van der Waals surface area contributed by atoms with Gasteiger partial charge in [-0.15, -0.1) is 0 Å². The number of aromatic nitrogens is 1. The highest BCUT2D eigenvalue weighted by Crippen LogP contribution is 2.28. The molecule has 0 atom stereocenters. The molecule has 21 heavy (non-hydrogen) atoms. The van der Waals surface area contributed by atoms with Crippen LogP contribution in [0.3, 0.4) is 0 Å². The van der Waals surface area contributed by atoms with E-state index in [1.165, 1.54) is 22.3 Å². The Morgan fingerprint density at radius 3 is 2.71 bits per heavy atom. The van der Waals surface area contributed by atoms with Gasteiger partial charge in [-0.3, -0.25) is 4.90 Å². The Labute approximate surface area is 134 Å². The van der Waals surface area contributed by atoms with Crippen molar-refractivity contribution in [2.45, 2.75) is 26.4 Å². The van der Waals surface area contributed by atoms with E-state index in [0.29, 0.717) is 0 Å². The second-order valence-electron chi connectivity index (χ2n) is 5.50. The van der Waals surface area contributed by atoms with Gasteiger partial charge in [-0.25, -0.2) is 4.98 Å². The van der Waals surface area contributed by atoms with Crippen molar-refractivity contribution in [3.05, 3.63) is 57.3 Å². The first kappa shape index (κ1) is 14.5. The third-order valence-electron chi connectivity index (χ3n) is 4.09. The lowest BCUT2D eigenvalue weighted by Gasteiger charge is -2.30. The smallest absolute Gasteiger partial charge is 0.118 e. The van der Waals surface area contributed by atoms with Crippen LogP contribution in [-0.4, -0.2) is 23.5 Å². The van der Waals surface area contributed by atoms with Gasteiger partial charge in [0.05, 0.1) is 7.11 Å². The quantitative estimate of drug-likeness (QED) is 0.792. The van der Waals surface area contributed by atoms with E-state index < -0.39 is 0 Å². The van der Waals surface area contributed by atoms with E-state index in [1.54, 1.807) is 7.11 Å². The number of methoxy groups -OCH3 is 1. The lowest BCUT2D eigenvalue weighted by molar-refractivity contribution is 0.244. The summed E-state index contributed by atoms with van der Waals surface area (Å²) in [6.45, 7) is 5.19. The maximum Gasteiger partial charge on any atom is 0.118 e. The summed E-state index contributed by atoms with van der Waals surface area (Å²) in [5.41, 5.74) is 5.41. The van der Waals surface area contributed by atoms with Crippen molar-refractivity contribution in [1.82, 2.24) is 9.88 Å². The molecular weight excluding hydrogens is 328 g/mol. The zero-order valence-corrected chi connectivity index (χ0v) is 14.0. The van der Waals surface area contributed by atoms with Crippen LogP contribution >= 0.6 is 15.9 Å². The number of aryl methyl sites for hydroxylation is 1. The van der Waals surface area contributed by atoms with Gasteiger partial charge in [0.1, 0.15) is 10.4 Å². The molecule has 1 aromatic carbocycles. The molecule has 0 saturated carbocycles. The number of fused-ring (bicyclic) bond motifs is 1. The molecule has 0 N–H and O–H groups in total. The van der Waals surface area contributed by atoms with Crippen molar-refractivity contribution >= 4 is 15.9 Å². The van der Waals surface area contributed by atoms with E-state index in [1.807, 2.05) is 18.3 Å². The zero-order valence-electron chi connectivity index (χ0n) is 12.4. The Balaban J connectivity index is 1.75. The van der Waals surface area contributed by atoms with Crippen LogP contribution in [0.5, 0.6) is 5.75 Å². The molecule has 0 aliphatic carbocycles. The Hall–Kier alpha value is -1.39. The number of pyridine rings is 1. The van der Waals surface area contributed by atoms with Crippen LogP contribution in [-0.2, 0) is 19.5 Å². The number of ether oxygens (including phenoxy) is 1. The highest BCUT2D eigenvalue weighted by atomic mass is 79.9. The van der Waals surface area contributed by atoms with E-state index in [9.17, 15) is 0 Å². The largest absolute Gasteiger partial charge is 0.497 e. The maximum atomic E-state index is 5.21. The van der Waals surface area contributed by atoms with Crippen LogP contribution in [0.25, 0.3) is 0 Å². The molecule has 0 spiro atoms. The fraction of sp³-hybridized carbons (Fsp3) is 0.353. The summed E-state index contributed by atoms with van der Waals surface area (Å²) >= 11 is 3.58. The minimum atomic E-state index is 0.911.